The lowest BCUT2D eigenvalue weighted by atomic mass is 10.2. The summed E-state index contributed by atoms with van der Waals surface area (Å²) in [7, 11) is 0. The molecule has 0 saturated carbocycles. The summed E-state index contributed by atoms with van der Waals surface area (Å²) in [5.41, 5.74) is 0.269. The fourth-order valence-electron chi connectivity index (χ4n) is 0.930. The van der Waals surface area contributed by atoms with E-state index in [1.165, 1.54) is 19.1 Å². The second-order valence-electron chi connectivity index (χ2n) is 2.72. The molecule has 0 aliphatic heterocycles. The highest BCUT2D eigenvalue weighted by Crippen LogP contribution is 2.32. The highest BCUT2D eigenvalue weighted by atomic mass is 35.5. The number of aromatic hydroxyl groups is 2. The van der Waals surface area contributed by atoms with Gasteiger partial charge in [0.05, 0.1) is 5.02 Å². The van der Waals surface area contributed by atoms with Crippen molar-refractivity contribution in [2.24, 2.45) is 0 Å². The van der Waals surface area contributed by atoms with Crippen LogP contribution in [0.3, 0.4) is 0 Å². The molecular formula is C9H9ClO4. The summed E-state index contributed by atoms with van der Waals surface area (Å²) >= 11 is 5.58. The first-order valence-corrected chi connectivity index (χ1v) is 4.22. The van der Waals surface area contributed by atoms with Crippen LogP contribution in [0.1, 0.15) is 12.5 Å². The van der Waals surface area contributed by atoms with E-state index in [4.69, 9.17) is 16.7 Å². The van der Waals surface area contributed by atoms with Gasteiger partial charge in [-0.3, -0.25) is 4.79 Å². The summed E-state index contributed by atoms with van der Waals surface area (Å²) in [6.45, 7) is 1.14. The number of hydrogen-bond acceptors (Lipinski definition) is 4. The predicted octanol–water partition coefficient (Wildman–Crippen LogP) is 1.81. The Balaban J connectivity index is 2.90. The Kier molecular flexibility index (Phi) is 3.19. The molecule has 0 heterocycles. The first kappa shape index (κ1) is 10.7. The van der Waals surface area contributed by atoms with Crippen LogP contribution in [0.15, 0.2) is 12.1 Å². The third kappa shape index (κ3) is 2.53. The maximum Gasteiger partial charge on any atom is 0.302 e. The van der Waals surface area contributed by atoms with E-state index in [-0.39, 0.29) is 28.7 Å². The van der Waals surface area contributed by atoms with Crippen LogP contribution >= 0.6 is 11.6 Å². The number of esters is 1. The average Bonchev–Trinajstić information content (AvgIpc) is 2.08. The molecule has 2 N–H and O–H groups in total. The molecule has 0 radical (unpaired) electrons. The summed E-state index contributed by atoms with van der Waals surface area (Å²) in [6.07, 6.45) is 0. The van der Waals surface area contributed by atoms with Gasteiger partial charge >= 0.3 is 5.97 Å². The molecule has 76 valence electrons. The first-order chi connectivity index (χ1) is 6.50. The summed E-state index contributed by atoms with van der Waals surface area (Å²) in [4.78, 5) is 10.5. The van der Waals surface area contributed by atoms with Gasteiger partial charge in [0.25, 0.3) is 0 Å². The first-order valence-electron chi connectivity index (χ1n) is 3.84. The Morgan fingerprint density at radius 2 is 2.14 bits per heavy atom. The van der Waals surface area contributed by atoms with E-state index in [1.54, 1.807) is 0 Å². The van der Waals surface area contributed by atoms with Gasteiger partial charge in [-0.05, 0) is 6.07 Å². The zero-order chi connectivity index (χ0) is 10.7. The molecule has 0 spiro atoms. The number of halogens is 1. The lowest BCUT2D eigenvalue weighted by molar-refractivity contribution is -0.142. The SMILES string of the molecule is CC(=O)OCc1cc(O)cc(Cl)c1O. The quantitative estimate of drug-likeness (QED) is 0.585. The van der Waals surface area contributed by atoms with Crippen LogP contribution in [0.25, 0.3) is 0 Å². The van der Waals surface area contributed by atoms with Gasteiger partial charge in [0.1, 0.15) is 18.1 Å². The third-order valence-electron chi connectivity index (χ3n) is 1.56. The number of carbonyl (C=O) groups is 1. The third-order valence-corrected chi connectivity index (χ3v) is 1.85. The zero-order valence-electron chi connectivity index (χ0n) is 7.45. The predicted molar refractivity (Wildman–Crippen MR) is 50.3 cm³/mol. The van der Waals surface area contributed by atoms with E-state index in [2.05, 4.69) is 4.74 Å². The van der Waals surface area contributed by atoms with Crippen molar-refractivity contribution < 1.29 is 19.7 Å². The molecule has 0 aliphatic carbocycles. The molecule has 5 heteroatoms. The Hall–Kier alpha value is -1.42. The molecule has 4 nitrogen and oxygen atoms in total. The monoisotopic (exact) mass is 216 g/mol. The zero-order valence-corrected chi connectivity index (χ0v) is 8.21. The van der Waals surface area contributed by atoms with Gasteiger partial charge < -0.3 is 14.9 Å². The van der Waals surface area contributed by atoms with E-state index in [9.17, 15) is 9.90 Å². The molecule has 0 saturated heterocycles. The van der Waals surface area contributed by atoms with E-state index in [1.807, 2.05) is 0 Å². The molecule has 0 atom stereocenters. The molecule has 0 bridgehead atoms. The van der Waals surface area contributed by atoms with E-state index in [0.717, 1.165) is 0 Å². The smallest absolute Gasteiger partial charge is 0.302 e. The van der Waals surface area contributed by atoms with Crippen molar-refractivity contribution >= 4 is 17.6 Å². The number of carbonyl (C=O) groups excluding carboxylic acids is 1. The molecular weight excluding hydrogens is 208 g/mol. The largest absolute Gasteiger partial charge is 0.508 e. The Morgan fingerprint density at radius 1 is 1.50 bits per heavy atom. The maximum atomic E-state index is 10.5. The van der Waals surface area contributed by atoms with Crippen LogP contribution in [-0.4, -0.2) is 16.2 Å². The highest BCUT2D eigenvalue weighted by Gasteiger charge is 2.09. The van der Waals surface area contributed by atoms with Crippen molar-refractivity contribution in [1.82, 2.24) is 0 Å². The Morgan fingerprint density at radius 3 is 2.71 bits per heavy atom. The molecule has 1 aromatic carbocycles. The fraction of sp³-hybridized carbons (Fsp3) is 0.222. The van der Waals surface area contributed by atoms with Gasteiger partial charge in [-0.2, -0.15) is 0 Å². The lowest BCUT2D eigenvalue weighted by Crippen LogP contribution is -1.99. The summed E-state index contributed by atoms with van der Waals surface area (Å²) < 4.78 is 4.65. The Bertz CT molecular complexity index is 362. The van der Waals surface area contributed by atoms with Crippen molar-refractivity contribution in [3.63, 3.8) is 0 Å². The summed E-state index contributed by atoms with van der Waals surface area (Å²) in [6, 6.07) is 2.48. The second-order valence-corrected chi connectivity index (χ2v) is 3.12. The van der Waals surface area contributed by atoms with E-state index < -0.39 is 5.97 Å². The molecule has 1 rings (SSSR count). The Labute approximate surface area is 85.7 Å². The van der Waals surface area contributed by atoms with Crippen molar-refractivity contribution in [3.8, 4) is 11.5 Å². The number of ether oxygens (including phenoxy) is 1. The van der Waals surface area contributed by atoms with E-state index in [0.29, 0.717) is 0 Å². The van der Waals surface area contributed by atoms with Crippen LogP contribution < -0.4 is 0 Å². The number of hydrogen-bond donors (Lipinski definition) is 2. The number of rotatable bonds is 2. The van der Waals surface area contributed by atoms with Crippen molar-refractivity contribution in [1.29, 1.82) is 0 Å². The molecule has 1 aromatic rings. The van der Waals surface area contributed by atoms with Crippen LogP contribution in [0, 0.1) is 0 Å². The average molecular weight is 217 g/mol. The van der Waals surface area contributed by atoms with Crippen LogP contribution in [0.2, 0.25) is 5.02 Å². The van der Waals surface area contributed by atoms with Crippen LogP contribution in [0.5, 0.6) is 11.5 Å². The van der Waals surface area contributed by atoms with Crippen molar-refractivity contribution in [3.05, 3.63) is 22.7 Å². The lowest BCUT2D eigenvalue weighted by Gasteiger charge is -2.06. The van der Waals surface area contributed by atoms with Crippen LogP contribution in [-0.2, 0) is 16.1 Å². The van der Waals surface area contributed by atoms with Gasteiger partial charge in [-0.15, -0.1) is 0 Å². The minimum atomic E-state index is -0.469. The highest BCUT2D eigenvalue weighted by molar-refractivity contribution is 6.32. The van der Waals surface area contributed by atoms with Crippen molar-refractivity contribution in [2.75, 3.05) is 0 Å². The number of benzene rings is 1. The molecule has 0 aromatic heterocycles. The molecule has 0 amide bonds. The molecule has 0 aliphatic rings. The van der Waals surface area contributed by atoms with E-state index >= 15 is 0 Å². The van der Waals surface area contributed by atoms with Crippen molar-refractivity contribution in [2.45, 2.75) is 13.5 Å². The fourth-order valence-corrected chi connectivity index (χ4v) is 1.16. The van der Waals surface area contributed by atoms with Crippen LogP contribution in [0.4, 0.5) is 0 Å². The molecule has 0 unspecified atom stereocenters. The standard InChI is InChI=1S/C9H9ClO4/c1-5(11)14-4-6-2-7(12)3-8(10)9(6)13/h2-3,12-13H,4H2,1H3. The van der Waals surface area contributed by atoms with Gasteiger partial charge in [-0.25, -0.2) is 0 Å². The summed E-state index contributed by atoms with van der Waals surface area (Å²) in [5.74, 6) is -0.746. The summed E-state index contributed by atoms with van der Waals surface area (Å²) in [5, 5.41) is 18.6. The minimum Gasteiger partial charge on any atom is -0.508 e. The minimum absolute atomic E-state index is 0.0205. The second kappa shape index (κ2) is 4.19. The van der Waals surface area contributed by atoms with Gasteiger partial charge in [0.15, 0.2) is 0 Å². The number of phenolic OH excluding ortho intramolecular Hbond substituents is 2. The molecule has 0 fully saturated rings. The maximum absolute atomic E-state index is 10.5. The number of phenols is 2. The molecule has 14 heavy (non-hydrogen) atoms. The van der Waals surface area contributed by atoms with Gasteiger partial charge in [-0.1, -0.05) is 11.6 Å². The topological polar surface area (TPSA) is 66.8 Å². The van der Waals surface area contributed by atoms with Gasteiger partial charge in [0.2, 0.25) is 0 Å². The van der Waals surface area contributed by atoms with Gasteiger partial charge in [0, 0.05) is 18.6 Å². The normalized spacial score (nSPS) is 9.86.